The van der Waals surface area contributed by atoms with Crippen LogP contribution in [0.5, 0.6) is 11.5 Å². The molecule has 132 valence electrons. The van der Waals surface area contributed by atoms with E-state index in [0.717, 1.165) is 18.2 Å². The number of phenolic OH excluding ortho intramolecular Hbond substituents is 2. The maximum absolute atomic E-state index is 13.2. The summed E-state index contributed by atoms with van der Waals surface area (Å²) in [6, 6.07) is 9.92. The van der Waals surface area contributed by atoms with Crippen LogP contribution in [0.25, 0.3) is 10.8 Å². The zero-order valence-electron chi connectivity index (χ0n) is 13.2. The van der Waals surface area contributed by atoms with Crippen molar-refractivity contribution >= 4 is 22.5 Å². The molecule has 0 bridgehead atoms. The monoisotopic (exact) mass is 358 g/mol. The fourth-order valence-corrected chi connectivity index (χ4v) is 2.46. The number of fused-ring (bicyclic) bond motifs is 1. The van der Waals surface area contributed by atoms with Gasteiger partial charge in [-0.05, 0) is 24.3 Å². The van der Waals surface area contributed by atoms with Gasteiger partial charge in [0, 0.05) is 16.3 Å². The van der Waals surface area contributed by atoms with Crippen molar-refractivity contribution in [1.82, 2.24) is 0 Å². The van der Waals surface area contributed by atoms with Gasteiger partial charge in [-0.2, -0.15) is 0 Å². The number of hydrogen-bond acceptors (Lipinski definition) is 5. The number of Topliss-reactive ketones (excluding diaryl/α,β-unsaturated/α-hetero) is 1. The molecule has 7 heteroatoms. The van der Waals surface area contributed by atoms with Crippen molar-refractivity contribution in [2.75, 3.05) is 6.61 Å². The summed E-state index contributed by atoms with van der Waals surface area (Å²) in [5.41, 5.74) is -0.485. The van der Waals surface area contributed by atoms with E-state index < -0.39 is 35.7 Å². The van der Waals surface area contributed by atoms with Crippen LogP contribution in [0.2, 0.25) is 0 Å². The number of hydrogen-bond donors (Lipinski definition) is 2. The number of carbonyl (C=O) groups is 2. The van der Waals surface area contributed by atoms with E-state index in [-0.39, 0.29) is 22.3 Å². The quantitative estimate of drug-likeness (QED) is 0.423. The van der Waals surface area contributed by atoms with E-state index in [1.54, 1.807) is 18.2 Å². The smallest absolute Gasteiger partial charge is 0.342 e. The Labute approximate surface area is 146 Å². The van der Waals surface area contributed by atoms with Crippen LogP contribution in [-0.2, 0) is 4.74 Å². The van der Waals surface area contributed by atoms with Gasteiger partial charge in [0.2, 0.25) is 0 Å². The largest absolute Gasteiger partial charge is 0.507 e. The minimum atomic E-state index is -1.20. The van der Waals surface area contributed by atoms with Gasteiger partial charge in [0.1, 0.15) is 17.1 Å². The molecule has 0 unspecified atom stereocenters. The van der Waals surface area contributed by atoms with Crippen molar-refractivity contribution in [3.8, 4) is 11.5 Å². The Morgan fingerprint density at radius 1 is 0.923 bits per heavy atom. The second-order valence-corrected chi connectivity index (χ2v) is 5.47. The minimum Gasteiger partial charge on any atom is -0.507 e. The van der Waals surface area contributed by atoms with Crippen LogP contribution in [0.1, 0.15) is 20.7 Å². The molecule has 3 rings (SSSR count). The number of esters is 1. The molecule has 3 aromatic rings. The van der Waals surface area contributed by atoms with Crippen molar-refractivity contribution in [1.29, 1.82) is 0 Å². The molecule has 0 radical (unpaired) electrons. The Bertz CT molecular complexity index is 1030. The van der Waals surface area contributed by atoms with Crippen molar-refractivity contribution in [3.05, 3.63) is 71.3 Å². The molecule has 0 aromatic heterocycles. The summed E-state index contributed by atoms with van der Waals surface area (Å²) in [5, 5.41) is 20.8. The zero-order valence-corrected chi connectivity index (χ0v) is 13.2. The summed E-state index contributed by atoms with van der Waals surface area (Å²) in [5.74, 6) is -4.73. The summed E-state index contributed by atoms with van der Waals surface area (Å²) in [7, 11) is 0. The standard InChI is InChI=1S/C19H12F2O5/c20-14-6-5-10(7-15(14)21)17(23)9-26-19(25)13-8-16(22)11-3-1-2-4-12(11)18(13)24/h1-8,22,24H,9H2. The molecule has 0 aliphatic carbocycles. The fourth-order valence-electron chi connectivity index (χ4n) is 2.46. The van der Waals surface area contributed by atoms with Crippen molar-refractivity contribution in [3.63, 3.8) is 0 Å². The maximum atomic E-state index is 13.2. The molecule has 0 spiro atoms. The third-order valence-electron chi connectivity index (χ3n) is 3.79. The summed E-state index contributed by atoms with van der Waals surface area (Å²) in [4.78, 5) is 24.1. The predicted octanol–water partition coefficient (Wildman–Crippen LogP) is 3.57. The van der Waals surface area contributed by atoms with E-state index in [4.69, 9.17) is 4.74 Å². The number of ether oxygens (including phenoxy) is 1. The van der Waals surface area contributed by atoms with Crippen LogP contribution in [0.15, 0.2) is 48.5 Å². The maximum Gasteiger partial charge on any atom is 0.342 e. The van der Waals surface area contributed by atoms with Gasteiger partial charge in [-0.1, -0.05) is 24.3 Å². The number of rotatable bonds is 4. The van der Waals surface area contributed by atoms with Crippen LogP contribution in [0, 0.1) is 11.6 Å². The average Bonchev–Trinajstić information content (AvgIpc) is 2.64. The molecule has 26 heavy (non-hydrogen) atoms. The first-order chi connectivity index (χ1) is 12.4. The predicted molar refractivity (Wildman–Crippen MR) is 88.2 cm³/mol. The van der Waals surface area contributed by atoms with E-state index in [2.05, 4.69) is 0 Å². The Hall–Kier alpha value is -3.48. The van der Waals surface area contributed by atoms with Gasteiger partial charge >= 0.3 is 5.97 Å². The van der Waals surface area contributed by atoms with Crippen LogP contribution in [0.4, 0.5) is 8.78 Å². The number of benzene rings is 3. The second-order valence-electron chi connectivity index (χ2n) is 5.47. The highest BCUT2D eigenvalue weighted by Crippen LogP contribution is 2.35. The van der Waals surface area contributed by atoms with Crippen LogP contribution >= 0.6 is 0 Å². The van der Waals surface area contributed by atoms with Crippen molar-refractivity contribution in [2.45, 2.75) is 0 Å². The van der Waals surface area contributed by atoms with E-state index in [1.807, 2.05) is 0 Å². The highest BCUT2D eigenvalue weighted by atomic mass is 19.2. The third kappa shape index (κ3) is 3.19. The average molecular weight is 358 g/mol. The number of aromatic hydroxyl groups is 2. The van der Waals surface area contributed by atoms with Crippen LogP contribution < -0.4 is 0 Å². The SMILES string of the molecule is O=C(COC(=O)c1cc(O)c2ccccc2c1O)c1ccc(F)c(F)c1. The summed E-state index contributed by atoms with van der Waals surface area (Å²) in [6.07, 6.45) is 0. The lowest BCUT2D eigenvalue weighted by atomic mass is 10.0. The summed E-state index contributed by atoms with van der Waals surface area (Å²) in [6.45, 7) is -0.739. The fraction of sp³-hybridized carbons (Fsp3) is 0.0526. The lowest BCUT2D eigenvalue weighted by Gasteiger charge is -2.10. The van der Waals surface area contributed by atoms with Gasteiger partial charge in [-0.25, -0.2) is 13.6 Å². The van der Waals surface area contributed by atoms with Gasteiger partial charge in [-0.3, -0.25) is 4.79 Å². The summed E-state index contributed by atoms with van der Waals surface area (Å²) < 4.78 is 30.9. The molecular weight excluding hydrogens is 346 g/mol. The van der Waals surface area contributed by atoms with Crippen LogP contribution in [0.3, 0.4) is 0 Å². The Balaban J connectivity index is 1.80. The lowest BCUT2D eigenvalue weighted by molar-refractivity contribution is 0.0471. The highest BCUT2D eigenvalue weighted by molar-refractivity contribution is 6.05. The molecule has 0 heterocycles. The number of ketones is 1. The molecule has 3 aromatic carbocycles. The van der Waals surface area contributed by atoms with Gasteiger partial charge in [0.05, 0.1) is 0 Å². The molecule has 0 atom stereocenters. The second kappa shape index (κ2) is 6.79. The third-order valence-corrected chi connectivity index (χ3v) is 3.79. The number of carbonyl (C=O) groups excluding carboxylic acids is 2. The highest BCUT2D eigenvalue weighted by Gasteiger charge is 2.20. The van der Waals surface area contributed by atoms with E-state index in [0.29, 0.717) is 11.5 Å². The summed E-state index contributed by atoms with van der Waals surface area (Å²) >= 11 is 0. The molecule has 0 saturated heterocycles. The van der Waals surface area contributed by atoms with E-state index in [9.17, 15) is 28.6 Å². The first-order valence-electron chi connectivity index (χ1n) is 7.47. The van der Waals surface area contributed by atoms with Gasteiger partial charge in [0.15, 0.2) is 24.0 Å². The van der Waals surface area contributed by atoms with Gasteiger partial charge in [0.25, 0.3) is 0 Å². The van der Waals surface area contributed by atoms with Gasteiger partial charge in [-0.15, -0.1) is 0 Å². The first kappa shape index (κ1) is 17.3. The molecule has 0 fully saturated rings. The first-order valence-corrected chi connectivity index (χ1v) is 7.47. The van der Waals surface area contributed by atoms with Gasteiger partial charge < -0.3 is 14.9 Å². The molecule has 2 N–H and O–H groups in total. The van der Waals surface area contributed by atoms with Crippen molar-refractivity contribution in [2.24, 2.45) is 0 Å². The molecular formula is C19H12F2O5. The zero-order chi connectivity index (χ0) is 18.8. The molecule has 0 saturated carbocycles. The Kier molecular flexibility index (Phi) is 4.53. The van der Waals surface area contributed by atoms with E-state index >= 15 is 0 Å². The van der Waals surface area contributed by atoms with Crippen molar-refractivity contribution < 1.29 is 33.3 Å². The Morgan fingerprint density at radius 2 is 1.62 bits per heavy atom. The number of halogens is 2. The lowest BCUT2D eigenvalue weighted by Crippen LogP contribution is -2.15. The topological polar surface area (TPSA) is 83.8 Å². The molecule has 0 aliphatic rings. The molecule has 0 amide bonds. The number of phenols is 2. The molecule has 0 aliphatic heterocycles. The molecule has 5 nitrogen and oxygen atoms in total. The minimum absolute atomic E-state index is 0.165. The van der Waals surface area contributed by atoms with E-state index in [1.165, 1.54) is 6.07 Å². The normalized spacial score (nSPS) is 10.7. The van der Waals surface area contributed by atoms with Crippen LogP contribution in [-0.4, -0.2) is 28.6 Å². The Morgan fingerprint density at radius 3 is 2.31 bits per heavy atom.